The maximum absolute atomic E-state index is 8.18. The third-order valence-corrected chi connectivity index (χ3v) is 0.627. The average Bonchev–Trinajstić information content (AvgIpc) is 1.62. The van der Waals surface area contributed by atoms with Crippen LogP contribution < -0.4 is 0 Å². The standard InChI is InChI=1S/C5H9N/c1-3-5(2)4-6/h5H,3H2,1-2H3/i3D2. The Morgan fingerprint density at radius 1 is 2.17 bits per heavy atom. The van der Waals surface area contributed by atoms with Crippen LogP contribution in [0.2, 0.25) is 0 Å². The maximum Gasteiger partial charge on any atom is 0.0652 e. The summed E-state index contributed by atoms with van der Waals surface area (Å²) in [5.41, 5.74) is 0. The van der Waals surface area contributed by atoms with Gasteiger partial charge in [-0.1, -0.05) is 6.92 Å². The number of hydrogen-bond acceptors (Lipinski definition) is 1. The number of rotatable bonds is 1. The zero-order chi connectivity index (χ0) is 6.78. The molecule has 0 radical (unpaired) electrons. The lowest BCUT2D eigenvalue weighted by molar-refractivity contribution is 0.713. The summed E-state index contributed by atoms with van der Waals surface area (Å²) in [5, 5.41) is 8.18. The molecule has 0 aromatic heterocycles. The van der Waals surface area contributed by atoms with Crippen molar-refractivity contribution in [2.24, 2.45) is 5.92 Å². The van der Waals surface area contributed by atoms with Gasteiger partial charge >= 0.3 is 0 Å². The molecule has 0 N–H and O–H groups in total. The van der Waals surface area contributed by atoms with E-state index in [0.717, 1.165) is 0 Å². The highest BCUT2D eigenvalue weighted by Crippen LogP contribution is 1.94. The summed E-state index contributed by atoms with van der Waals surface area (Å²) in [4.78, 5) is 0. The van der Waals surface area contributed by atoms with Crippen molar-refractivity contribution in [3.63, 3.8) is 0 Å². The van der Waals surface area contributed by atoms with Crippen LogP contribution in [-0.4, -0.2) is 0 Å². The van der Waals surface area contributed by atoms with E-state index in [9.17, 15) is 0 Å². The Hall–Kier alpha value is -0.510. The van der Waals surface area contributed by atoms with Crippen LogP contribution in [-0.2, 0) is 0 Å². The molecule has 0 spiro atoms. The van der Waals surface area contributed by atoms with Crippen LogP contribution in [0.15, 0.2) is 0 Å². The fourth-order valence-corrected chi connectivity index (χ4v) is 0.0645. The van der Waals surface area contributed by atoms with Crippen molar-refractivity contribution in [2.75, 3.05) is 0 Å². The lowest BCUT2D eigenvalue weighted by Crippen LogP contribution is -1.81. The highest BCUT2D eigenvalue weighted by molar-refractivity contribution is 4.76. The first-order valence-electron chi connectivity index (χ1n) is 2.88. The molecule has 0 fully saturated rings. The molecular formula is C5H9N. The molecule has 6 heavy (non-hydrogen) atoms. The lowest BCUT2D eigenvalue weighted by atomic mass is 10.2. The number of nitriles is 1. The van der Waals surface area contributed by atoms with E-state index in [1.54, 1.807) is 6.92 Å². The molecule has 0 aliphatic carbocycles. The summed E-state index contributed by atoms with van der Waals surface area (Å²) in [7, 11) is 0. The van der Waals surface area contributed by atoms with Crippen LogP contribution in [0.4, 0.5) is 0 Å². The molecule has 0 aromatic carbocycles. The van der Waals surface area contributed by atoms with Gasteiger partial charge in [0.15, 0.2) is 0 Å². The first-order valence-corrected chi connectivity index (χ1v) is 1.88. The first kappa shape index (κ1) is 2.63. The third kappa shape index (κ3) is 1.78. The van der Waals surface area contributed by atoms with Crippen LogP contribution in [0.25, 0.3) is 0 Å². The van der Waals surface area contributed by atoms with E-state index >= 15 is 0 Å². The Bertz CT molecular complexity index is 109. The van der Waals surface area contributed by atoms with Gasteiger partial charge in [0.05, 0.1) is 6.07 Å². The van der Waals surface area contributed by atoms with Crippen LogP contribution in [0.1, 0.15) is 23.0 Å². The van der Waals surface area contributed by atoms with Crippen molar-refractivity contribution in [3.05, 3.63) is 0 Å². The Kier molecular flexibility index (Phi) is 1.19. The minimum Gasteiger partial charge on any atom is -0.198 e. The average molecular weight is 85.1 g/mol. The zero-order valence-electron chi connectivity index (χ0n) is 6.02. The number of nitrogens with zero attached hydrogens (tertiary/aromatic N) is 1. The quantitative estimate of drug-likeness (QED) is 0.474. The molecule has 0 bridgehead atoms. The highest BCUT2D eigenvalue weighted by atomic mass is 14.2. The minimum absolute atomic E-state index is 0.512. The monoisotopic (exact) mass is 85.1 g/mol. The molecule has 1 unspecified atom stereocenters. The van der Waals surface area contributed by atoms with Crippen molar-refractivity contribution in [1.82, 2.24) is 0 Å². The Balaban J connectivity index is 3.87. The molecule has 0 aromatic rings. The molecule has 0 aliphatic rings. The van der Waals surface area contributed by atoms with Crippen molar-refractivity contribution < 1.29 is 2.74 Å². The second-order valence-electron chi connectivity index (χ2n) is 1.14. The predicted molar refractivity (Wildman–Crippen MR) is 25.1 cm³/mol. The fraction of sp³-hybridized carbons (Fsp3) is 0.800. The topological polar surface area (TPSA) is 23.8 Å². The predicted octanol–water partition coefficient (Wildman–Crippen LogP) is 1.56. The zero-order valence-corrected chi connectivity index (χ0v) is 4.02. The first-order chi connectivity index (χ1) is 3.48. The summed E-state index contributed by atoms with van der Waals surface area (Å²) >= 11 is 0. The SMILES string of the molecule is [2H]C([2H])(C)C(C)C#N. The lowest BCUT2D eigenvalue weighted by Gasteiger charge is -1.87. The molecule has 0 heterocycles. The van der Waals surface area contributed by atoms with Gasteiger partial charge in [0.2, 0.25) is 0 Å². The van der Waals surface area contributed by atoms with Crippen LogP contribution >= 0.6 is 0 Å². The van der Waals surface area contributed by atoms with Crippen LogP contribution in [0.3, 0.4) is 0 Å². The van der Waals surface area contributed by atoms with E-state index in [4.69, 9.17) is 8.00 Å². The Labute approximate surface area is 41.4 Å². The molecule has 0 rings (SSSR count). The smallest absolute Gasteiger partial charge is 0.0652 e. The van der Waals surface area contributed by atoms with Gasteiger partial charge in [0.1, 0.15) is 0 Å². The van der Waals surface area contributed by atoms with E-state index in [1.165, 1.54) is 6.92 Å². The van der Waals surface area contributed by atoms with E-state index in [2.05, 4.69) is 0 Å². The molecular weight excluding hydrogens is 74.1 g/mol. The summed E-state index contributed by atoms with van der Waals surface area (Å²) in [6.07, 6.45) is -1.35. The second kappa shape index (κ2) is 2.71. The highest BCUT2D eigenvalue weighted by Gasteiger charge is 1.88. The van der Waals surface area contributed by atoms with Crippen LogP contribution in [0.5, 0.6) is 0 Å². The minimum atomic E-state index is -1.35. The van der Waals surface area contributed by atoms with Crippen molar-refractivity contribution in [1.29, 1.82) is 5.26 Å². The second-order valence-corrected chi connectivity index (χ2v) is 1.14. The van der Waals surface area contributed by atoms with Crippen molar-refractivity contribution >= 4 is 0 Å². The molecule has 1 atom stereocenters. The van der Waals surface area contributed by atoms with Gasteiger partial charge in [-0.25, -0.2) is 0 Å². The molecule has 0 saturated carbocycles. The van der Waals surface area contributed by atoms with Gasteiger partial charge in [0, 0.05) is 8.66 Å². The molecule has 0 saturated heterocycles. The van der Waals surface area contributed by atoms with Gasteiger partial charge in [-0.3, -0.25) is 0 Å². The van der Waals surface area contributed by atoms with Gasteiger partial charge in [-0.2, -0.15) is 5.26 Å². The van der Waals surface area contributed by atoms with E-state index < -0.39 is 12.3 Å². The van der Waals surface area contributed by atoms with E-state index in [1.807, 2.05) is 6.07 Å². The Morgan fingerprint density at radius 3 is 2.67 bits per heavy atom. The molecule has 0 aliphatic heterocycles. The molecule has 34 valence electrons. The molecule has 1 nitrogen and oxygen atoms in total. The van der Waals surface area contributed by atoms with Gasteiger partial charge in [-0.15, -0.1) is 0 Å². The molecule has 0 amide bonds. The third-order valence-electron chi connectivity index (χ3n) is 0.627. The summed E-state index contributed by atoms with van der Waals surface area (Å²) < 4.78 is 14.0. The van der Waals surface area contributed by atoms with Crippen molar-refractivity contribution in [3.8, 4) is 6.07 Å². The maximum atomic E-state index is 8.18. The van der Waals surface area contributed by atoms with E-state index in [-0.39, 0.29) is 0 Å². The fourth-order valence-electron chi connectivity index (χ4n) is 0.0645. The Morgan fingerprint density at radius 2 is 2.67 bits per heavy atom. The van der Waals surface area contributed by atoms with Crippen molar-refractivity contribution in [2.45, 2.75) is 20.2 Å². The summed E-state index contributed by atoms with van der Waals surface area (Å²) in [6, 6.07) is 1.83. The van der Waals surface area contributed by atoms with Crippen LogP contribution in [0, 0.1) is 17.2 Å². The van der Waals surface area contributed by atoms with Gasteiger partial charge < -0.3 is 0 Å². The summed E-state index contributed by atoms with van der Waals surface area (Å²) in [6.45, 7) is 2.97. The normalized spacial score (nSPS) is 20.2. The largest absolute Gasteiger partial charge is 0.198 e. The molecule has 1 heteroatoms. The van der Waals surface area contributed by atoms with Gasteiger partial charge in [0.25, 0.3) is 0 Å². The van der Waals surface area contributed by atoms with E-state index in [0.29, 0.717) is 0 Å². The van der Waals surface area contributed by atoms with Gasteiger partial charge in [-0.05, 0) is 13.3 Å². The summed E-state index contributed by atoms with van der Waals surface area (Å²) in [5.74, 6) is -0.512. The number of hydrogen-bond donors (Lipinski definition) is 0.